The van der Waals surface area contributed by atoms with E-state index < -0.39 is 11.6 Å². The Hall–Kier alpha value is -4.07. The Morgan fingerprint density at radius 2 is 1.87 bits per heavy atom. The highest BCUT2D eigenvalue weighted by Crippen LogP contribution is 2.32. The van der Waals surface area contributed by atoms with Gasteiger partial charge in [0.05, 0.1) is 23.7 Å². The number of aromatic amines is 1. The van der Waals surface area contributed by atoms with Crippen LogP contribution >= 0.6 is 0 Å². The minimum atomic E-state index is -1.59. The maximum absolute atomic E-state index is 13.4. The Balaban J connectivity index is 1.92. The van der Waals surface area contributed by atoms with E-state index in [1.54, 1.807) is 43.7 Å². The monoisotopic (exact) mass is 406 g/mol. The second kappa shape index (κ2) is 7.07. The van der Waals surface area contributed by atoms with Crippen molar-refractivity contribution in [3.8, 4) is 11.5 Å². The highest BCUT2D eigenvalue weighted by atomic mass is 16.7. The molecule has 0 saturated carbocycles. The molecule has 152 valence electrons. The fourth-order valence-electron chi connectivity index (χ4n) is 3.72. The van der Waals surface area contributed by atoms with Gasteiger partial charge in [-0.3, -0.25) is 9.59 Å². The van der Waals surface area contributed by atoms with Crippen LogP contribution in [0.5, 0.6) is 11.5 Å². The molecule has 1 aromatic carbocycles. The molecule has 2 N–H and O–H groups in total. The summed E-state index contributed by atoms with van der Waals surface area (Å²) in [6.07, 6.45) is 0.186. The van der Waals surface area contributed by atoms with Gasteiger partial charge in [0.25, 0.3) is 0 Å². The molecule has 0 radical (unpaired) electrons. The lowest BCUT2D eigenvalue weighted by Crippen LogP contribution is -2.16. The van der Waals surface area contributed by atoms with Gasteiger partial charge in [0.2, 0.25) is 17.0 Å². The molecule has 3 heterocycles. The lowest BCUT2D eigenvalue weighted by molar-refractivity contribution is 0.103. The van der Waals surface area contributed by atoms with Crippen molar-refractivity contribution in [3.63, 3.8) is 0 Å². The number of ether oxygens (including phenoxy) is 2. The molecule has 0 saturated heterocycles. The Bertz CT molecular complexity index is 1400. The minimum Gasteiger partial charge on any atom is -0.494 e. The quantitative estimate of drug-likeness (QED) is 0.395. The lowest BCUT2D eigenvalue weighted by Gasteiger charge is -2.08. The number of carboxylic acid groups (broad SMARTS) is 1. The van der Waals surface area contributed by atoms with Crippen LogP contribution in [0.25, 0.3) is 16.4 Å². The number of fused-ring (bicyclic) bond motifs is 2. The number of H-pyrrole nitrogens is 1. The van der Waals surface area contributed by atoms with Crippen molar-refractivity contribution in [2.75, 3.05) is 7.11 Å². The van der Waals surface area contributed by atoms with Crippen LogP contribution < -0.4 is 14.9 Å². The number of benzene rings is 1. The number of carbonyl (C=O) groups excluding carboxylic acids is 1. The summed E-state index contributed by atoms with van der Waals surface area (Å²) in [5.41, 5.74) is 2.30. The zero-order valence-electron chi connectivity index (χ0n) is 16.5. The summed E-state index contributed by atoms with van der Waals surface area (Å²) in [5, 5.41) is 9.05. The van der Waals surface area contributed by atoms with Crippen LogP contribution in [0.2, 0.25) is 0 Å². The summed E-state index contributed by atoms with van der Waals surface area (Å²) < 4.78 is 11.9. The van der Waals surface area contributed by atoms with E-state index in [-0.39, 0.29) is 28.2 Å². The lowest BCUT2D eigenvalue weighted by atomic mass is 10.0. The molecule has 0 aliphatic heterocycles. The van der Waals surface area contributed by atoms with Gasteiger partial charge in [-0.15, -0.1) is 0 Å². The van der Waals surface area contributed by atoms with Gasteiger partial charge in [0, 0.05) is 22.8 Å². The summed E-state index contributed by atoms with van der Waals surface area (Å²) in [7, 11) is 1.55. The van der Waals surface area contributed by atoms with Gasteiger partial charge in [0.1, 0.15) is 11.4 Å². The highest BCUT2D eigenvalue weighted by Gasteiger charge is 2.23. The molecule has 0 unspecified atom stereocenters. The molecule has 0 aliphatic rings. The van der Waals surface area contributed by atoms with Crippen LogP contribution in [0.4, 0.5) is 4.79 Å². The number of ketones is 1. The average Bonchev–Trinajstić information content (AvgIpc) is 3.01. The van der Waals surface area contributed by atoms with Gasteiger partial charge in [-0.1, -0.05) is 6.07 Å². The third-order valence-corrected chi connectivity index (χ3v) is 5.03. The van der Waals surface area contributed by atoms with E-state index in [0.717, 1.165) is 5.52 Å². The fourth-order valence-corrected chi connectivity index (χ4v) is 3.72. The van der Waals surface area contributed by atoms with E-state index in [9.17, 15) is 14.4 Å². The summed E-state index contributed by atoms with van der Waals surface area (Å²) in [5.74, 6) is -0.00415. The van der Waals surface area contributed by atoms with Crippen molar-refractivity contribution in [1.82, 2.24) is 9.38 Å². The Morgan fingerprint density at radius 3 is 2.57 bits per heavy atom. The van der Waals surface area contributed by atoms with Crippen molar-refractivity contribution in [2.45, 2.75) is 13.8 Å². The molecule has 0 amide bonds. The van der Waals surface area contributed by atoms with Gasteiger partial charge in [-0.2, -0.15) is 0 Å². The molecule has 0 atom stereocenters. The molecule has 4 rings (SSSR count). The van der Waals surface area contributed by atoms with Crippen LogP contribution in [-0.4, -0.2) is 33.5 Å². The summed E-state index contributed by atoms with van der Waals surface area (Å²) in [4.78, 5) is 40.0. The van der Waals surface area contributed by atoms with Crippen LogP contribution in [-0.2, 0) is 0 Å². The molecule has 8 nitrogen and oxygen atoms in total. The number of rotatable bonds is 4. The maximum Gasteiger partial charge on any atom is 0.511 e. The van der Waals surface area contributed by atoms with Crippen molar-refractivity contribution < 1.29 is 24.2 Å². The van der Waals surface area contributed by atoms with Crippen LogP contribution in [0.1, 0.15) is 27.3 Å². The van der Waals surface area contributed by atoms with Gasteiger partial charge in [-0.25, -0.2) is 4.79 Å². The van der Waals surface area contributed by atoms with Gasteiger partial charge in [0.15, 0.2) is 0 Å². The molecule has 0 bridgehead atoms. The second-order valence-corrected chi connectivity index (χ2v) is 6.83. The molecular formula is C22H18N2O6. The van der Waals surface area contributed by atoms with E-state index in [4.69, 9.17) is 9.84 Å². The van der Waals surface area contributed by atoms with E-state index in [1.807, 2.05) is 18.2 Å². The van der Waals surface area contributed by atoms with Crippen LogP contribution in [0.3, 0.4) is 0 Å². The van der Waals surface area contributed by atoms with Crippen LogP contribution in [0, 0.1) is 13.8 Å². The van der Waals surface area contributed by atoms with Gasteiger partial charge >= 0.3 is 6.16 Å². The number of nitrogens with one attached hydrogen (secondary N) is 1. The van der Waals surface area contributed by atoms with E-state index in [2.05, 4.69) is 9.72 Å². The van der Waals surface area contributed by atoms with Crippen LogP contribution in [0.15, 0.2) is 47.4 Å². The van der Waals surface area contributed by atoms with Crippen molar-refractivity contribution in [2.24, 2.45) is 0 Å². The van der Waals surface area contributed by atoms with Gasteiger partial charge in [-0.05, 0) is 44.2 Å². The Kier molecular flexibility index (Phi) is 4.54. The third-order valence-electron chi connectivity index (χ3n) is 5.03. The molecule has 0 fully saturated rings. The number of aryl methyl sites for hydroxylation is 1. The standard InChI is InChI=1S/C22H18N2O6/c1-11-17(24-9-5-4-6-16(24)20(11)29-3)18(25)13-7-8-15-14(10-13)19(26)21(12(2)23-15)30-22(27)28/h4-10H,1-3H3,(H,23,26)(H,27,28). The first-order valence-electron chi connectivity index (χ1n) is 9.09. The molecule has 0 aliphatic carbocycles. The van der Waals surface area contributed by atoms with Crippen molar-refractivity contribution in [3.05, 3.63) is 75.3 Å². The summed E-state index contributed by atoms with van der Waals surface area (Å²) in [6.45, 7) is 3.34. The number of aromatic nitrogens is 2. The first-order chi connectivity index (χ1) is 14.3. The predicted octanol–water partition coefficient (Wildman–Crippen LogP) is 3.69. The number of carbonyl (C=O) groups is 2. The molecular weight excluding hydrogens is 388 g/mol. The largest absolute Gasteiger partial charge is 0.511 e. The normalized spacial score (nSPS) is 11.0. The van der Waals surface area contributed by atoms with Crippen molar-refractivity contribution >= 4 is 28.4 Å². The first-order valence-corrected chi connectivity index (χ1v) is 9.09. The predicted molar refractivity (Wildman–Crippen MR) is 110 cm³/mol. The topological polar surface area (TPSA) is 110 Å². The number of hydrogen-bond acceptors (Lipinski definition) is 5. The third kappa shape index (κ3) is 2.89. The zero-order valence-corrected chi connectivity index (χ0v) is 16.5. The first kappa shape index (κ1) is 19.3. The zero-order chi connectivity index (χ0) is 21.6. The smallest absolute Gasteiger partial charge is 0.494 e. The van der Waals surface area contributed by atoms with Crippen molar-refractivity contribution in [1.29, 1.82) is 0 Å². The minimum absolute atomic E-state index is 0.160. The molecule has 8 heteroatoms. The van der Waals surface area contributed by atoms with E-state index in [0.29, 0.717) is 22.5 Å². The average molecular weight is 406 g/mol. The SMILES string of the molecule is COc1c(C)c(C(=O)c2ccc3[nH]c(C)c(OC(=O)O)c(=O)c3c2)n2ccccc12. The van der Waals surface area contributed by atoms with E-state index >= 15 is 0 Å². The second-order valence-electron chi connectivity index (χ2n) is 6.83. The maximum atomic E-state index is 13.4. The number of methoxy groups -OCH3 is 1. The number of nitrogens with zero attached hydrogens (tertiary/aromatic N) is 1. The van der Waals surface area contributed by atoms with Gasteiger partial charge < -0.3 is 24.0 Å². The summed E-state index contributed by atoms with van der Waals surface area (Å²) in [6, 6.07) is 10.2. The highest BCUT2D eigenvalue weighted by molar-refractivity contribution is 6.11. The molecule has 0 spiro atoms. The Morgan fingerprint density at radius 1 is 1.10 bits per heavy atom. The molecule has 4 aromatic rings. The number of pyridine rings is 2. The van der Waals surface area contributed by atoms with E-state index in [1.165, 1.54) is 6.07 Å². The summed E-state index contributed by atoms with van der Waals surface area (Å²) >= 11 is 0. The molecule has 3 aromatic heterocycles. The number of hydrogen-bond donors (Lipinski definition) is 2. The molecule has 30 heavy (non-hydrogen) atoms. The Labute approximate surface area is 170 Å². The fraction of sp³-hybridized carbons (Fsp3) is 0.136.